The molecule has 0 aromatic heterocycles. The molecule has 0 heterocycles. The monoisotopic (exact) mass is 200 g/mol. The molecule has 0 N–H and O–H groups in total. The Labute approximate surface area is 65.9 Å². The maximum absolute atomic E-state index is 10.5. The summed E-state index contributed by atoms with van der Waals surface area (Å²) in [6, 6.07) is 0. The lowest BCUT2D eigenvalue weighted by molar-refractivity contribution is 0.470. The second-order valence-electron chi connectivity index (χ2n) is 1.57. The van der Waals surface area contributed by atoms with Gasteiger partial charge in [0.25, 0.3) is 10.1 Å². The quantitative estimate of drug-likeness (QED) is 0.629. The van der Waals surface area contributed by atoms with Crippen LogP contribution in [0.3, 0.4) is 0 Å². The zero-order valence-electron chi connectivity index (χ0n) is 5.85. The topological polar surface area (TPSA) is 77.5 Å². The average molecular weight is 200 g/mol. The molecule has 0 fully saturated rings. The third kappa shape index (κ3) is 4.12. The second kappa shape index (κ2) is 3.33. The molecule has 0 spiro atoms. The minimum absolute atomic E-state index is 0.389. The number of rotatable bonds is 4. The molecule has 11 heavy (non-hydrogen) atoms. The largest absolute Gasteiger partial charge is 0.303 e. The van der Waals surface area contributed by atoms with Crippen molar-refractivity contribution in [3.8, 4) is 0 Å². The maximum atomic E-state index is 10.5. The molecule has 0 aliphatic carbocycles. The van der Waals surface area contributed by atoms with Crippen LogP contribution in [0.15, 0.2) is 12.0 Å². The summed E-state index contributed by atoms with van der Waals surface area (Å²) in [5, 5.41) is 0.431. The Hall–Kier alpha value is -0.400. The maximum Gasteiger partial charge on any atom is 0.303 e. The van der Waals surface area contributed by atoms with E-state index in [1.807, 2.05) is 0 Å². The molecule has 0 bridgehead atoms. The fourth-order valence-electron chi connectivity index (χ4n) is 0.220. The fourth-order valence-corrected chi connectivity index (χ4v) is 1.98. The fraction of sp³-hybridized carbons (Fsp3) is 0.500. The van der Waals surface area contributed by atoms with Gasteiger partial charge < -0.3 is 0 Å². The molecular formula is C4H8O5S2. The van der Waals surface area contributed by atoms with Crippen LogP contribution in [-0.4, -0.2) is 22.6 Å². The van der Waals surface area contributed by atoms with E-state index in [2.05, 4.69) is 10.2 Å². The van der Waals surface area contributed by atoms with Gasteiger partial charge in [-0.05, 0) is 6.92 Å². The van der Waals surface area contributed by atoms with Crippen LogP contribution in [0.2, 0.25) is 0 Å². The molecular weight excluding hydrogens is 192 g/mol. The van der Waals surface area contributed by atoms with Crippen molar-refractivity contribution in [1.82, 2.24) is 0 Å². The minimum atomic E-state index is -4.11. The minimum Gasteiger partial charge on any atom is -0.198 e. The Kier molecular flexibility index (Phi) is 3.21. The van der Waals surface area contributed by atoms with Gasteiger partial charge in [-0.25, -0.2) is 0 Å². The van der Waals surface area contributed by atoms with Crippen molar-refractivity contribution in [1.29, 1.82) is 0 Å². The van der Waals surface area contributed by atoms with Gasteiger partial charge in [0, 0.05) is 0 Å². The van der Waals surface area contributed by atoms with Crippen LogP contribution < -0.4 is 0 Å². The summed E-state index contributed by atoms with van der Waals surface area (Å²) in [6.07, 6.45) is 0. The second-order valence-corrected chi connectivity index (χ2v) is 5.13. The van der Waals surface area contributed by atoms with Crippen molar-refractivity contribution in [2.45, 2.75) is 6.92 Å². The highest BCUT2D eigenvalue weighted by Crippen LogP contribution is 2.01. The Bertz CT molecular complexity index is 321. The van der Waals surface area contributed by atoms with Gasteiger partial charge in [0.05, 0.1) is 11.2 Å². The van der Waals surface area contributed by atoms with Crippen molar-refractivity contribution in [3.63, 3.8) is 0 Å². The Morgan fingerprint density at radius 3 is 2.09 bits per heavy atom. The first-order valence-electron chi connectivity index (χ1n) is 2.64. The first-order valence-corrected chi connectivity index (χ1v) is 5.69. The summed E-state index contributed by atoms with van der Waals surface area (Å²) in [6.45, 7) is 4.15. The van der Waals surface area contributed by atoms with E-state index in [4.69, 9.17) is 0 Å². The van der Waals surface area contributed by atoms with E-state index in [9.17, 15) is 16.8 Å². The van der Waals surface area contributed by atoms with Crippen LogP contribution in [0, 0.1) is 0 Å². The summed E-state index contributed by atoms with van der Waals surface area (Å²) < 4.78 is 45.7. The van der Waals surface area contributed by atoms with E-state index in [0.29, 0.717) is 5.41 Å². The highest BCUT2D eigenvalue weighted by Gasteiger charge is 2.16. The molecule has 7 heteroatoms. The Morgan fingerprint density at radius 2 is 1.82 bits per heavy atom. The highest BCUT2D eigenvalue weighted by atomic mass is 32.3. The molecule has 0 aliphatic rings. The molecule has 0 saturated heterocycles. The third-order valence-electron chi connectivity index (χ3n) is 0.756. The van der Waals surface area contributed by atoms with Crippen molar-refractivity contribution in [2.75, 3.05) is 5.75 Å². The smallest absolute Gasteiger partial charge is 0.198 e. The summed E-state index contributed by atoms with van der Waals surface area (Å²) in [4.78, 5) is 0. The van der Waals surface area contributed by atoms with E-state index in [1.165, 1.54) is 6.92 Å². The predicted octanol–water partition coefficient (Wildman–Crippen LogP) is -0.174. The molecule has 0 aromatic carbocycles. The summed E-state index contributed by atoms with van der Waals surface area (Å²) in [7, 11) is -8.06. The number of hydrogen-bond acceptors (Lipinski definition) is 5. The van der Waals surface area contributed by atoms with Gasteiger partial charge in [-0.15, -0.1) is 3.63 Å². The van der Waals surface area contributed by atoms with E-state index in [1.54, 1.807) is 0 Å². The van der Waals surface area contributed by atoms with Crippen LogP contribution in [0.4, 0.5) is 0 Å². The Balaban J connectivity index is 4.67. The molecule has 5 nitrogen and oxygen atoms in total. The molecule has 0 aliphatic heterocycles. The van der Waals surface area contributed by atoms with E-state index in [-0.39, 0.29) is 5.75 Å². The zero-order valence-corrected chi connectivity index (χ0v) is 7.48. The van der Waals surface area contributed by atoms with Crippen molar-refractivity contribution in [3.05, 3.63) is 12.0 Å². The van der Waals surface area contributed by atoms with E-state index in [0.717, 1.165) is 0 Å². The van der Waals surface area contributed by atoms with Gasteiger partial charge >= 0.3 is 10.1 Å². The van der Waals surface area contributed by atoms with Gasteiger partial charge in [-0.2, -0.15) is 16.8 Å². The summed E-state index contributed by atoms with van der Waals surface area (Å²) in [5.41, 5.74) is 0. The lowest BCUT2D eigenvalue weighted by atomic mass is 11.0. The van der Waals surface area contributed by atoms with Crippen LogP contribution in [0.1, 0.15) is 6.92 Å². The van der Waals surface area contributed by atoms with Gasteiger partial charge in [-0.3, -0.25) is 0 Å². The normalized spacial score (nSPS) is 12.8. The van der Waals surface area contributed by atoms with E-state index < -0.39 is 20.2 Å². The molecule has 0 atom stereocenters. The molecule has 0 saturated carbocycles. The molecule has 0 unspecified atom stereocenters. The molecule has 0 radical (unpaired) electrons. The Morgan fingerprint density at radius 1 is 1.36 bits per heavy atom. The number of hydrogen-bond donors (Lipinski definition) is 0. The SMILES string of the molecule is C=CS(=O)(=O)OS(=O)(=O)CC. The van der Waals surface area contributed by atoms with Crippen LogP contribution in [-0.2, 0) is 23.9 Å². The van der Waals surface area contributed by atoms with Gasteiger partial charge in [0.2, 0.25) is 0 Å². The first-order chi connectivity index (χ1) is 4.83. The molecule has 66 valence electrons. The predicted molar refractivity (Wildman–Crippen MR) is 39.7 cm³/mol. The lowest BCUT2D eigenvalue weighted by Crippen LogP contribution is -2.12. The first kappa shape index (κ1) is 10.6. The van der Waals surface area contributed by atoms with Crippen LogP contribution >= 0.6 is 0 Å². The van der Waals surface area contributed by atoms with Gasteiger partial charge in [-0.1, -0.05) is 6.58 Å². The molecule has 0 amide bonds. The third-order valence-corrected chi connectivity index (χ3v) is 3.46. The summed E-state index contributed by atoms with van der Waals surface area (Å²) >= 11 is 0. The molecule has 0 rings (SSSR count). The zero-order chi connectivity index (χ0) is 9.12. The van der Waals surface area contributed by atoms with Crippen molar-refractivity contribution < 1.29 is 20.5 Å². The summed E-state index contributed by atoms with van der Waals surface area (Å²) in [5.74, 6) is -0.389. The van der Waals surface area contributed by atoms with Gasteiger partial charge in [0.1, 0.15) is 0 Å². The highest BCUT2D eigenvalue weighted by molar-refractivity contribution is 8.01. The average Bonchev–Trinajstić information content (AvgIpc) is 1.86. The standard InChI is InChI=1S/C4H8O5S2/c1-3-10(5,6)9-11(7,8)4-2/h3H,1,4H2,2H3. The lowest BCUT2D eigenvalue weighted by Gasteiger charge is -1.97. The van der Waals surface area contributed by atoms with Crippen molar-refractivity contribution >= 4 is 20.2 Å². The van der Waals surface area contributed by atoms with Crippen LogP contribution in [0.5, 0.6) is 0 Å². The van der Waals surface area contributed by atoms with Crippen LogP contribution in [0.25, 0.3) is 0 Å². The van der Waals surface area contributed by atoms with E-state index >= 15 is 0 Å². The van der Waals surface area contributed by atoms with Gasteiger partial charge in [0.15, 0.2) is 0 Å². The molecule has 0 aromatic rings. The van der Waals surface area contributed by atoms with Crippen molar-refractivity contribution in [2.24, 2.45) is 0 Å².